The molecule has 3 aromatic rings. The fourth-order valence-electron chi connectivity index (χ4n) is 3.10. The maximum absolute atomic E-state index is 13.2. The second-order valence-electron chi connectivity index (χ2n) is 6.55. The standard InChI is InChI=1S/C25H25NO5/c1-28-19-13-10-17(11-14-19)9-12-18-15-20(29-2)16-23(31-4)24(18)25(27)26-21-7-5-6-8-22(21)30-3/h5-16H,1-4H3,(H,26,27)/b12-9+. The molecule has 0 aliphatic carbocycles. The molecule has 0 bridgehead atoms. The van der Waals surface area contributed by atoms with E-state index in [0.29, 0.717) is 34.1 Å². The molecular formula is C25H25NO5. The van der Waals surface area contributed by atoms with E-state index in [1.165, 1.54) is 7.11 Å². The summed E-state index contributed by atoms with van der Waals surface area (Å²) >= 11 is 0. The summed E-state index contributed by atoms with van der Waals surface area (Å²) in [6.07, 6.45) is 3.76. The average Bonchev–Trinajstić information content (AvgIpc) is 2.82. The molecule has 0 aliphatic heterocycles. The van der Waals surface area contributed by atoms with Crippen LogP contribution in [0.15, 0.2) is 60.7 Å². The van der Waals surface area contributed by atoms with Gasteiger partial charge in [0.05, 0.1) is 39.7 Å². The van der Waals surface area contributed by atoms with Gasteiger partial charge < -0.3 is 24.3 Å². The Balaban J connectivity index is 2.01. The van der Waals surface area contributed by atoms with E-state index in [2.05, 4.69) is 5.32 Å². The lowest BCUT2D eigenvalue weighted by atomic mass is 10.0. The van der Waals surface area contributed by atoms with Crippen molar-refractivity contribution in [3.63, 3.8) is 0 Å². The van der Waals surface area contributed by atoms with E-state index in [4.69, 9.17) is 18.9 Å². The van der Waals surface area contributed by atoms with E-state index in [9.17, 15) is 4.79 Å². The number of benzene rings is 3. The SMILES string of the molecule is COc1ccc(/C=C/c2cc(OC)cc(OC)c2C(=O)Nc2ccccc2OC)cc1. The van der Waals surface area contributed by atoms with Crippen LogP contribution in [0.4, 0.5) is 5.69 Å². The summed E-state index contributed by atoms with van der Waals surface area (Å²) in [5, 5.41) is 2.91. The molecule has 0 radical (unpaired) electrons. The van der Waals surface area contributed by atoms with Gasteiger partial charge in [-0.3, -0.25) is 4.79 Å². The van der Waals surface area contributed by atoms with Crippen LogP contribution in [0.25, 0.3) is 12.2 Å². The van der Waals surface area contributed by atoms with Crippen LogP contribution in [0, 0.1) is 0 Å². The first-order valence-electron chi connectivity index (χ1n) is 9.62. The smallest absolute Gasteiger partial charge is 0.260 e. The Kier molecular flexibility index (Phi) is 7.17. The number of ether oxygens (including phenoxy) is 4. The van der Waals surface area contributed by atoms with Crippen molar-refractivity contribution in [3.8, 4) is 23.0 Å². The van der Waals surface area contributed by atoms with Crippen LogP contribution < -0.4 is 24.3 Å². The molecule has 0 saturated carbocycles. The molecule has 31 heavy (non-hydrogen) atoms. The number of hydrogen-bond acceptors (Lipinski definition) is 5. The first-order chi connectivity index (χ1) is 15.1. The Morgan fingerprint density at radius 2 is 1.42 bits per heavy atom. The number of carbonyl (C=O) groups is 1. The lowest BCUT2D eigenvalue weighted by Gasteiger charge is -2.15. The molecule has 0 aliphatic rings. The zero-order valence-corrected chi connectivity index (χ0v) is 18.0. The Morgan fingerprint density at radius 1 is 0.742 bits per heavy atom. The largest absolute Gasteiger partial charge is 0.497 e. The van der Waals surface area contributed by atoms with E-state index in [0.717, 1.165) is 11.3 Å². The molecule has 0 unspecified atom stereocenters. The minimum Gasteiger partial charge on any atom is -0.497 e. The second kappa shape index (κ2) is 10.2. The van der Waals surface area contributed by atoms with Crippen molar-refractivity contribution in [3.05, 3.63) is 77.4 Å². The van der Waals surface area contributed by atoms with Crippen LogP contribution in [0.2, 0.25) is 0 Å². The van der Waals surface area contributed by atoms with Gasteiger partial charge in [-0.2, -0.15) is 0 Å². The van der Waals surface area contributed by atoms with Gasteiger partial charge in [0.15, 0.2) is 0 Å². The van der Waals surface area contributed by atoms with Gasteiger partial charge in [-0.15, -0.1) is 0 Å². The lowest BCUT2D eigenvalue weighted by Crippen LogP contribution is -2.15. The number of amides is 1. The summed E-state index contributed by atoms with van der Waals surface area (Å²) in [5.41, 5.74) is 2.56. The average molecular weight is 419 g/mol. The molecule has 0 spiro atoms. The minimum absolute atomic E-state index is 0.321. The van der Waals surface area contributed by atoms with Crippen molar-refractivity contribution in [2.24, 2.45) is 0 Å². The van der Waals surface area contributed by atoms with Gasteiger partial charge in [0, 0.05) is 6.07 Å². The molecule has 160 valence electrons. The number of carbonyl (C=O) groups excluding carboxylic acids is 1. The maximum atomic E-state index is 13.2. The Labute approximate surface area is 182 Å². The van der Waals surface area contributed by atoms with Crippen LogP contribution in [0.1, 0.15) is 21.5 Å². The van der Waals surface area contributed by atoms with Crippen molar-refractivity contribution >= 4 is 23.7 Å². The zero-order valence-electron chi connectivity index (χ0n) is 18.0. The molecule has 0 aromatic heterocycles. The molecule has 3 aromatic carbocycles. The molecule has 0 heterocycles. The molecule has 1 N–H and O–H groups in total. The highest BCUT2D eigenvalue weighted by Crippen LogP contribution is 2.32. The molecule has 0 fully saturated rings. The second-order valence-corrected chi connectivity index (χ2v) is 6.55. The Bertz CT molecular complexity index is 1070. The zero-order chi connectivity index (χ0) is 22.2. The fraction of sp³-hybridized carbons (Fsp3) is 0.160. The highest BCUT2D eigenvalue weighted by atomic mass is 16.5. The Hall–Kier alpha value is -3.93. The van der Waals surface area contributed by atoms with Crippen LogP contribution in [-0.2, 0) is 0 Å². The van der Waals surface area contributed by atoms with Crippen molar-refractivity contribution in [2.75, 3.05) is 33.8 Å². The van der Waals surface area contributed by atoms with E-state index < -0.39 is 0 Å². The summed E-state index contributed by atoms with van der Waals surface area (Å²) in [7, 11) is 6.27. The van der Waals surface area contributed by atoms with Crippen LogP contribution in [0.3, 0.4) is 0 Å². The minimum atomic E-state index is -0.321. The van der Waals surface area contributed by atoms with Crippen molar-refractivity contribution in [2.45, 2.75) is 0 Å². The molecule has 6 heteroatoms. The lowest BCUT2D eigenvalue weighted by molar-refractivity contribution is 0.102. The molecule has 0 saturated heterocycles. The summed E-state index contributed by atoms with van der Waals surface area (Å²) < 4.78 is 21.4. The van der Waals surface area contributed by atoms with Gasteiger partial charge in [-0.25, -0.2) is 0 Å². The highest BCUT2D eigenvalue weighted by molar-refractivity contribution is 6.09. The summed E-state index contributed by atoms with van der Waals surface area (Å²) in [4.78, 5) is 13.2. The third kappa shape index (κ3) is 5.17. The van der Waals surface area contributed by atoms with Gasteiger partial charge in [-0.05, 0) is 41.5 Å². The van der Waals surface area contributed by atoms with Gasteiger partial charge >= 0.3 is 0 Å². The third-order valence-electron chi connectivity index (χ3n) is 4.72. The van der Waals surface area contributed by atoms with Gasteiger partial charge in [-0.1, -0.05) is 36.4 Å². The van der Waals surface area contributed by atoms with E-state index in [-0.39, 0.29) is 5.91 Å². The molecule has 1 amide bonds. The maximum Gasteiger partial charge on any atom is 0.260 e. The molecule has 0 atom stereocenters. The van der Waals surface area contributed by atoms with E-state index in [1.807, 2.05) is 48.6 Å². The third-order valence-corrected chi connectivity index (χ3v) is 4.72. The van der Waals surface area contributed by atoms with Gasteiger partial charge in [0.25, 0.3) is 5.91 Å². The summed E-state index contributed by atoms with van der Waals surface area (Å²) in [6, 6.07) is 18.3. The molecule has 3 rings (SSSR count). The van der Waals surface area contributed by atoms with Crippen LogP contribution in [-0.4, -0.2) is 34.3 Å². The van der Waals surface area contributed by atoms with E-state index >= 15 is 0 Å². The van der Waals surface area contributed by atoms with Crippen LogP contribution >= 0.6 is 0 Å². The first kappa shape index (κ1) is 21.8. The van der Waals surface area contributed by atoms with Gasteiger partial charge in [0.1, 0.15) is 23.0 Å². The highest BCUT2D eigenvalue weighted by Gasteiger charge is 2.19. The van der Waals surface area contributed by atoms with Crippen LogP contribution in [0.5, 0.6) is 23.0 Å². The normalized spacial score (nSPS) is 10.6. The van der Waals surface area contributed by atoms with Crippen molar-refractivity contribution in [1.82, 2.24) is 0 Å². The summed E-state index contributed by atoms with van der Waals surface area (Å²) in [6.45, 7) is 0. The van der Waals surface area contributed by atoms with Crippen molar-refractivity contribution < 1.29 is 23.7 Å². The summed E-state index contributed by atoms with van der Waals surface area (Å²) in [5.74, 6) is 2.01. The predicted molar refractivity (Wildman–Crippen MR) is 122 cm³/mol. The number of hydrogen-bond donors (Lipinski definition) is 1. The fourth-order valence-corrected chi connectivity index (χ4v) is 3.10. The number of para-hydroxylation sites is 2. The van der Waals surface area contributed by atoms with Crippen molar-refractivity contribution in [1.29, 1.82) is 0 Å². The number of nitrogens with one attached hydrogen (secondary N) is 1. The molecular weight excluding hydrogens is 394 g/mol. The Morgan fingerprint density at radius 3 is 2.06 bits per heavy atom. The number of anilines is 1. The quantitative estimate of drug-likeness (QED) is 0.512. The number of methoxy groups -OCH3 is 4. The van der Waals surface area contributed by atoms with E-state index in [1.54, 1.807) is 45.6 Å². The first-order valence-corrected chi connectivity index (χ1v) is 9.62. The monoisotopic (exact) mass is 419 g/mol. The van der Waals surface area contributed by atoms with Gasteiger partial charge in [0.2, 0.25) is 0 Å². The predicted octanol–water partition coefficient (Wildman–Crippen LogP) is 5.14. The molecule has 6 nitrogen and oxygen atoms in total. The number of rotatable bonds is 8. The topological polar surface area (TPSA) is 66.0 Å².